The third-order valence-electron chi connectivity index (χ3n) is 3.59. The molecule has 0 radical (unpaired) electrons. The van der Waals surface area contributed by atoms with Gasteiger partial charge in [0, 0.05) is 16.1 Å². The molecule has 0 aliphatic carbocycles. The van der Waals surface area contributed by atoms with Gasteiger partial charge in [-0.3, -0.25) is 0 Å². The van der Waals surface area contributed by atoms with Crippen molar-refractivity contribution in [1.29, 1.82) is 0 Å². The second kappa shape index (κ2) is 7.27. The molecular weight excluding hydrogens is 320 g/mol. The largest absolute Gasteiger partial charge is 0.545 e. The number of nitrogens with zero attached hydrogens (tertiary/aromatic N) is 1. The number of carboxylic acid groups (broad SMARTS) is 1. The maximum Gasteiger partial charge on any atom is 0.187 e. The molecule has 24 heavy (non-hydrogen) atoms. The number of thiazole rings is 1. The summed E-state index contributed by atoms with van der Waals surface area (Å²) in [6.07, 6.45) is 2.04. The van der Waals surface area contributed by atoms with Crippen LogP contribution in [-0.4, -0.2) is 11.0 Å². The van der Waals surface area contributed by atoms with Crippen molar-refractivity contribution in [2.75, 3.05) is 5.32 Å². The molecule has 3 rings (SSSR count). The molecule has 0 aliphatic rings. The first-order chi connectivity index (χ1) is 11.7. The molecule has 1 N–H and O–H groups in total. The predicted molar refractivity (Wildman–Crippen MR) is 95.6 cm³/mol. The van der Waals surface area contributed by atoms with Crippen LogP contribution in [0.1, 0.15) is 28.6 Å². The number of aromatic nitrogens is 1. The van der Waals surface area contributed by atoms with E-state index in [1.54, 1.807) is 23.5 Å². The first-order valence-corrected chi connectivity index (χ1v) is 8.62. The number of aryl methyl sites for hydroxylation is 1. The van der Waals surface area contributed by atoms with Crippen LogP contribution in [0.5, 0.6) is 0 Å². The van der Waals surface area contributed by atoms with Gasteiger partial charge < -0.3 is 15.2 Å². The fourth-order valence-corrected chi connectivity index (χ4v) is 3.54. The van der Waals surface area contributed by atoms with Crippen LogP contribution < -0.4 is 10.4 Å². The molecule has 5 heteroatoms. The van der Waals surface area contributed by atoms with Crippen molar-refractivity contribution in [2.45, 2.75) is 19.8 Å². The van der Waals surface area contributed by atoms with E-state index in [0.717, 1.165) is 34.9 Å². The standard InChI is InChI=1S/C19H18N2O2S/c1-2-6-16-17(13-7-4-3-5-8-13)21-19(24-16)20-15-11-9-14(10-12-15)18(22)23/h3-5,7-12H,2,6H2,1H3,(H,20,21)(H,22,23)/p-1. The van der Waals surface area contributed by atoms with Gasteiger partial charge in [-0.1, -0.05) is 55.8 Å². The molecule has 0 amide bonds. The van der Waals surface area contributed by atoms with Gasteiger partial charge in [0.1, 0.15) is 0 Å². The van der Waals surface area contributed by atoms with Gasteiger partial charge in [-0.25, -0.2) is 4.98 Å². The number of anilines is 2. The van der Waals surface area contributed by atoms with Crippen LogP contribution in [-0.2, 0) is 6.42 Å². The number of nitrogens with one attached hydrogen (secondary N) is 1. The average molecular weight is 337 g/mol. The van der Waals surface area contributed by atoms with Gasteiger partial charge in [-0.2, -0.15) is 0 Å². The van der Waals surface area contributed by atoms with Gasteiger partial charge in [-0.05, 0) is 24.1 Å². The predicted octanol–water partition coefficient (Wildman–Crippen LogP) is 3.87. The third kappa shape index (κ3) is 3.63. The highest BCUT2D eigenvalue weighted by Gasteiger charge is 2.12. The molecule has 0 unspecified atom stereocenters. The molecule has 0 aliphatic heterocycles. The maximum absolute atomic E-state index is 10.8. The number of hydrogen-bond donors (Lipinski definition) is 1. The summed E-state index contributed by atoms with van der Waals surface area (Å²) < 4.78 is 0. The number of carboxylic acids is 1. The Morgan fingerprint density at radius 2 is 1.83 bits per heavy atom. The summed E-state index contributed by atoms with van der Waals surface area (Å²) in [5.41, 5.74) is 3.08. The van der Waals surface area contributed by atoms with Gasteiger partial charge in [-0.15, -0.1) is 11.3 Å². The second-order valence-electron chi connectivity index (χ2n) is 5.40. The number of carbonyl (C=O) groups excluding carboxylic acids is 1. The summed E-state index contributed by atoms with van der Waals surface area (Å²) in [4.78, 5) is 16.8. The van der Waals surface area contributed by atoms with Crippen LogP contribution in [0.2, 0.25) is 0 Å². The third-order valence-corrected chi connectivity index (χ3v) is 4.62. The Balaban J connectivity index is 1.87. The highest BCUT2D eigenvalue weighted by atomic mass is 32.1. The monoisotopic (exact) mass is 337 g/mol. The van der Waals surface area contributed by atoms with Crippen LogP contribution in [0.25, 0.3) is 11.3 Å². The van der Waals surface area contributed by atoms with E-state index in [-0.39, 0.29) is 5.56 Å². The Kier molecular flexibility index (Phi) is 4.91. The molecule has 1 heterocycles. The number of rotatable bonds is 6. The summed E-state index contributed by atoms with van der Waals surface area (Å²) in [6, 6.07) is 16.6. The fraction of sp³-hybridized carbons (Fsp3) is 0.158. The highest BCUT2D eigenvalue weighted by Crippen LogP contribution is 2.33. The smallest absolute Gasteiger partial charge is 0.187 e. The summed E-state index contributed by atoms with van der Waals surface area (Å²) in [6.45, 7) is 2.15. The van der Waals surface area contributed by atoms with Crippen molar-refractivity contribution in [3.05, 3.63) is 65.0 Å². The van der Waals surface area contributed by atoms with Crippen molar-refractivity contribution in [3.8, 4) is 11.3 Å². The molecule has 4 nitrogen and oxygen atoms in total. The molecule has 0 atom stereocenters. The molecule has 0 fully saturated rings. The van der Waals surface area contributed by atoms with E-state index in [2.05, 4.69) is 24.4 Å². The number of benzene rings is 2. The number of hydrogen-bond acceptors (Lipinski definition) is 5. The molecule has 0 saturated carbocycles. The highest BCUT2D eigenvalue weighted by molar-refractivity contribution is 7.16. The van der Waals surface area contributed by atoms with Gasteiger partial charge >= 0.3 is 0 Å². The topological polar surface area (TPSA) is 65.0 Å². The van der Waals surface area contributed by atoms with Crippen molar-refractivity contribution >= 4 is 28.1 Å². The van der Waals surface area contributed by atoms with Crippen molar-refractivity contribution in [2.24, 2.45) is 0 Å². The average Bonchev–Trinajstić information content (AvgIpc) is 2.99. The molecule has 0 spiro atoms. The summed E-state index contributed by atoms with van der Waals surface area (Å²) in [5.74, 6) is -1.17. The fourth-order valence-electron chi connectivity index (χ4n) is 2.44. The van der Waals surface area contributed by atoms with Gasteiger partial charge in [0.15, 0.2) is 5.13 Å². The lowest BCUT2D eigenvalue weighted by atomic mass is 10.1. The Bertz CT molecular complexity index is 826. The lowest BCUT2D eigenvalue weighted by Gasteiger charge is -2.05. The molecule has 0 bridgehead atoms. The van der Waals surface area contributed by atoms with Crippen molar-refractivity contribution in [1.82, 2.24) is 4.98 Å². The Morgan fingerprint density at radius 1 is 1.12 bits per heavy atom. The normalized spacial score (nSPS) is 10.5. The van der Waals surface area contributed by atoms with E-state index in [0.29, 0.717) is 0 Å². The first kappa shape index (κ1) is 16.2. The Morgan fingerprint density at radius 3 is 2.46 bits per heavy atom. The van der Waals surface area contributed by atoms with Crippen LogP contribution in [0.3, 0.4) is 0 Å². The Hall–Kier alpha value is -2.66. The van der Waals surface area contributed by atoms with E-state index in [1.165, 1.54) is 17.0 Å². The molecule has 0 saturated heterocycles. The van der Waals surface area contributed by atoms with Crippen molar-refractivity contribution < 1.29 is 9.90 Å². The SMILES string of the molecule is CCCc1sc(Nc2ccc(C(=O)[O-])cc2)nc1-c1ccccc1. The van der Waals surface area contributed by atoms with Gasteiger partial charge in [0.25, 0.3) is 0 Å². The zero-order valence-corrected chi connectivity index (χ0v) is 14.1. The maximum atomic E-state index is 10.8. The number of aromatic carboxylic acids is 1. The minimum Gasteiger partial charge on any atom is -0.545 e. The molecule has 2 aromatic carbocycles. The zero-order valence-electron chi connectivity index (χ0n) is 13.3. The van der Waals surface area contributed by atoms with E-state index in [1.807, 2.05) is 18.2 Å². The minimum atomic E-state index is -1.17. The molecular formula is C19H17N2O2S-. The van der Waals surface area contributed by atoms with Gasteiger partial charge in [0.05, 0.1) is 11.7 Å². The van der Waals surface area contributed by atoms with E-state index < -0.39 is 5.97 Å². The van der Waals surface area contributed by atoms with Crippen LogP contribution in [0, 0.1) is 0 Å². The van der Waals surface area contributed by atoms with Crippen molar-refractivity contribution in [3.63, 3.8) is 0 Å². The molecule has 1 aromatic heterocycles. The lowest BCUT2D eigenvalue weighted by molar-refractivity contribution is -0.255. The van der Waals surface area contributed by atoms with Crippen LogP contribution in [0.15, 0.2) is 54.6 Å². The zero-order chi connectivity index (χ0) is 16.9. The summed E-state index contributed by atoms with van der Waals surface area (Å²) in [7, 11) is 0. The quantitative estimate of drug-likeness (QED) is 0.741. The lowest BCUT2D eigenvalue weighted by Crippen LogP contribution is -2.21. The van der Waals surface area contributed by atoms with E-state index in [9.17, 15) is 9.90 Å². The summed E-state index contributed by atoms with van der Waals surface area (Å²) >= 11 is 1.63. The first-order valence-electron chi connectivity index (χ1n) is 7.81. The van der Waals surface area contributed by atoms with Crippen LogP contribution in [0.4, 0.5) is 10.8 Å². The van der Waals surface area contributed by atoms with E-state index >= 15 is 0 Å². The van der Waals surface area contributed by atoms with E-state index in [4.69, 9.17) is 4.98 Å². The summed E-state index contributed by atoms with van der Waals surface area (Å²) in [5, 5.41) is 14.9. The minimum absolute atomic E-state index is 0.163. The molecule has 122 valence electrons. The van der Waals surface area contributed by atoms with Gasteiger partial charge in [0.2, 0.25) is 0 Å². The second-order valence-corrected chi connectivity index (χ2v) is 6.48. The Labute approximate surface area is 144 Å². The molecule has 3 aromatic rings. The number of carbonyl (C=O) groups is 1. The van der Waals surface area contributed by atoms with Crippen LogP contribution >= 0.6 is 11.3 Å².